The number of pyridine rings is 1. The minimum absolute atomic E-state index is 0.187. The Balaban J connectivity index is 2.49. The second-order valence-corrected chi connectivity index (χ2v) is 6.03. The minimum atomic E-state index is -0.575. The quantitative estimate of drug-likeness (QED) is 0.914. The Morgan fingerprint density at radius 1 is 1.27 bits per heavy atom. The highest BCUT2D eigenvalue weighted by atomic mass is 19.1. The van der Waals surface area contributed by atoms with Gasteiger partial charge in [-0.25, -0.2) is 4.39 Å². The molecule has 116 valence electrons. The van der Waals surface area contributed by atoms with E-state index in [1.807, 2.05) is 0 Å². The summed E-state index contributed by atoms with van der Waals surface area (Å²) in [5.41, 5.74) is 0.875. The maximum atomic E-state index is 14.0. The number of aliphatic hydroxyl groups is 1. The fraction of sp³-hybridized carbons (Fsp3) is 0.294. The van der Waals surface area contributed by atoms with Crippen LogP contribution in [0.15, 0.2) is 36.5 Å². The van der Waals surface area contributed by atoms with Crippen LogP contribution in [-0.2, 0) is 11.4 Å². The van der Waals surface area contributed by atoms with Crippen LogP contribution in [0, 0.1) is 11.2 Å². The smallest absolute Gasteiger partial charge is 0.229 e. The van der Waals surface area contributed by atoms with Gasteiger partial charge in [-0.1, -0.05) is 32.9 Å². The van der Waals surface area contributed by atoms with E-state index in [9.17, 15) is 14.3 Å². The first-order valence-corrected chi connectivity index (χ1v) is 6.99. The van der Waals surface area contributed by atoms with Crippen LogP contribution in [0.1, 0.15) is 26.3 Å². The van der Waals surface area contributed by atoms with Gasteiger partial charge in [-0.05, 0) is 18.2 Å². The third-order valence-electron chi connectivity index (χ3n) is 3.27. The summed E-state index contributed by atoms with van der Waals surface area (Å²) in [4.78, 5) is 16.3. The molecule has 0 saturated heterocycles. The number of aromatic nitrogens is 1. The first-order chi connectivity index (χ1) is 10.3. The van der Waals surface area contributed by atoms with Gasteiger partial charge in [0.05, 0.1) is 12.3 Å². The Hall–Kier alpha value is -2.27. The number of aliphatic hydroxyl groups excluding tert-OH is 1. The van der Waals surface area contributed by atoms with Gasteiger partial charge in [-0.2, -0.15) is 0 Å². The van der Waals surface area contributed by atoms with Crippen molar-refractivity contribution in [3.05, 3.63) is 47.9 Å². The summed E-state index contributed by atoms with van der Waals surface area (Å²) in [6.45, 7) is 5.02. The zero-order chi connectivity index (χ0) is 16.3. The summed E-state index contributed by atoms with van der Waals surface area (Å²) in [6, 6.07) is 7.80. The fourth-order valence-corrected chi connectivity index (χ4v) is 1.96. The normalized spacial score (nSPS) is 11.3. The van der Waals surface area contributed by atoms with Gasteiger partial charge in [0.1, 0.15) is 5.82 Å². The molecule has 0 bridgehead atoms. The molecular formula is C17H19FN2O2. The fourth-order valence-electron chi connectivity index (χ4n) is 1.96. The molecule has 0 aliphatic carbocycles. The lowest BCUT2D eigenvalue weighted by atomic mass is 9.95. The number of nitrogens with one attached hydrogen (secondary N) is 1. The molecule has 1 aromatic heterocycles. The molecular weight excluding hydrogens is 283 g/mol. The third-order valence-corrected chi connectivity index (χ3v) is 3.27. The number of amides is 1. The van der Waals surface area contributed by atoms with Crippen molar-refractivity contribution in [2.24, 2.45) is 5.41 Å². The monoisotopic (exact) mass is 302 g/mol. The van der Waals surface area contributed by atoms with E-state index in [0.717, 1.165) is 0 Å². The molecule has 5 heteroatoms. The number of anilines is 1. The number of benzene rings is 1. The lowest BCUT2D eigenvalue weighted by Gasteiger charge is -2.20. The summed E-state index contributed by atoms with van der Waals surface area (Å²) >= 11 is 0. The van der Waals surface area contributed by atoms with Gasteiger partial charge in [0.15, 0.2) is 0 Å². The van der Waals surface area contributed by atoms with Crippen molar-refractivity contribution in [1.82, 2.24) is 4.98 Å². The second-order valence-electron chi connectivity index (χ2n) is 6.03. The number of hydrogen-bond donors (Lipinski definition) is 2. The SMILES string of the molecule is CC(C)(C)C(=O)Nc1ccnc(-c2ccccc2F)c1CO. The molecule has 2 N–H and O–H groups in total. The molecule has 0 unspecified atom stereocenters. The van der Waals surface area contributed by atoms with Crippen LogP contribution in [0.4, 0.5) is 10.1 Å². The number of halogens is 1. The van der Waals surface area contributed by atoms with Gasteiger partial charge in [0.25, 0.3) is 0 Å². The minimum Gasteiger partial charge on any atom is -0.392 e. The van der Waals surface area contributed by atoms with Crippen molar-refractivity contribution >= 4 is 11.6 Å². The van der Waals surface area contributed by atoms with Gasteiger partial charge < -0.3 is 10.4 Å². The molecule has 0 atom stereocenters. The van der Waals surface area contributed by atoms with E-state index in [1.54, 1.807) is 45.0 Å². The van der Waals surface area contributed by atoms with E-state index in [-0.39, 0.29) is 12.5 Å². The van der Waals surface area contributed by atoms with Crippen molar-refractivity contribution < 1.29 is 14.3 Å². The summed E-state index contributed by atoms with van der Waals surface area (Å²) in [5.74, 6) is -0.614. The van der Waals surface area contributed by atoms with Crippen LogP contribution in [0.25, 0.3) is 11.3 Å². The summed E-state index contributed by atoms with van der Waals surface area (Å²) in [7, 11) is 0. The van der Waals surface area contributed by atoms with Crippen LogP contribution in [0.5, 0.6) is 0 Å². The van der Waals surface area contributed by atoms with Crippen LogP contribution in [-0.4, -0.2) is 16.0 Å². The van der Waals surface area contributed by atoms with Crippen molar-refractivity contribution in [2.75, 3.05) is 5.32 Å². The Kier molecular flexibility index (Phi) is 4.56. The lowest BCUT2D eigenvalue weighted by Crippen LogP contribution is -2.28. The van der Waals surface area contributed by atoms with E-state index in [4.69, 9.17) is 0 Å². The molecule has 1 amide bonds. The molecule has 22 heavy (non-hydrogen) atoms. The molecule has 0 radical (unpaired) electrons. The summed E-state index contributed by atoms with van der Waals surface area (Å²) in [6.07, 6.45) is 1.49. The molecule has 2 rings (SSSR count). The molecule has 1 heterocycles. The number of rotatable bonds is 3. The topological polar surface area (TPSA) is 62.2 Å². The van der Waals surface area contributed by atoms with Crippen molar-refractivity contribution in [3.63, 3.8) is 0 Å². The Morgan fingerprint density at radius 2 is 1.95 bits per heavy atom. The zero-order valence-corrected chi connectivity index (χ0v) is 12.9. The van der Waals surface area contributed by atoms with Crippen LogP contribution in [0.2, 0.25) is 0 Å². The predicted octanol–water partition coefficient (Wildman–Crippen LogP) is 3.36. The molecule has 1 aromatic carbocycles. The highest BCUT2D eigenvalue weighted by Gasteiger charge is 2.23. The highest BCUT2D eigenvalue weighted by molar-refractivity contribution is 5.95. The standard InChI is InChI=1S/C17H19FN2O2/c1-17(2,3)16(22)20-14-8-9-19-15(12(14)10-21)11-6-4-5-7-13(11)18/h4-9,21H,10H2,1-3H3,(H,19,20,22). The first-order valence-electron chi connectivity index (χ1n) is 6.99. The average molecular weight is 302 g/mol. The Labute approximate surface area is 129 Å². The van der Waals surface area contributed by atoms with E-state index >= 15 is 0 Å². The largest absolute Gasteiger partial charge is 0.392 e. The maximum Gasteiger partial charge on any atom is 0.229 e. The molecule has 0 saturated carbocycles. The predicted molar refractivity (Wildman–Crippen MR) is 83.6 cm³/mol. The number of carbonyl (C=O) groups excluding carboxylic acids is 1. The van der Waals surface area contributed by atoms with Crippen molar-refractivity contribution in [3.8, 4) is 11.3 Å². The number of hydrogen-bond acceptors (Lipinski definition) is 3. The van der Waals surface area contributed by atoms with E-state index in [2.05, 4.69) is 10.3 Å². The molecule has 4 nitrogen and oxygen atoms in total. The van der Waals surface area contributed by atoms with Crippen LogP contribution in [0.3, 0.4) is 0 Å². The summed E-state index contributed by atoms with van der Waals surface area (Å²) < 4.78 is 14.0. The molecule has 0 aliphatic rings. The third kappa shape index (κ3) is 3.31. The maximum absolute atomic E-state index is 14.0. The summed E-state index contributed by atoms with van der Waals surface area (Å²) in [5, 5.41) is 12.4. The Bertz CT molecular complexity index is 693. The second kappa shape index (κ2) is 6.23. The van der Waals surface area contributed by atoms with Crippen LogP contribution < -0.4 is 5.32 Å². The lowest BCUT2D eigenvalue weighted by molar-refractivity contribution is -0.123. The van der Waals surface area contributed by atoms with Crippen molar-refractivity contribution in [1.29, 1.82) is 0 Å². The average Bonchev–Trinajstić information content (AvgIpc) is 2.46. The number of nitrogens with zero attached hydrogens (tertiary/aromatic N) is 1. The molecule has 0 aliphatic heterocycles. The van der Waals surface area contributed by atoms with E-state index < -0.39 is 11.2 Å². The van der Waals surface area contributed by atoms with Gasteiger partial charge in [-0.3, -0.25) is 9.78 Å². The molecule has 0 fully saturated rings. The molecule has 0 spiro atoms. The van der Waals surface area contributed by atoms with Gasteiger partial charge in [0, 0.05) is 28.4 Å². The van der Waals surface area contributed by atoms with E-state index in [1.165, 1.54) is 12.3 Å². The zero-order valence-electron chi connectivity index (χ0n) is 12.9. The Morgan fingerprint density at radius 3 is 2.55 bits per heavy atom. The number of carbonyl (C=O) groups is 1. The van der Waals surface area contributed by atoms with Crippen molar-refractivity contribution in [2.45, 2.75) is 27.4 Å². The van der Waals surface area contributed by atoms with Gasteiger partial charge >= 0.3 is 0 Å². The molecule has 2 aromatic rings. The first kappa shape index (κ1) is 16.1. The van der Waals surface area contributed by atoms with Gasteiger partial charge in [0.2, 0.25) is 5.91 Å². The van der Waals surface area contributed by atoms with Crippen LogP contribution >= 0.6 is 0 Å². The van der Waals surface area contributed by atoms with E-state index in [0.29, 0.717) is 22.5 Å². The highest BCUT2D eigenvalue weighted by Crippen LogP contribution is 2.30. The van der Waals surface area contributed by atoms with Gasteiger partial charge in [-0.15, -0.1) is 0 Å².